The molecule has 2 amide bonds. The first-order valence-corrected chi connectivity index (χ1v) is 20.2. The van der Waals surface area contributed by atoms with Crippen LogP contribution in [0.4, 0.5) is 8.78 Å². The summed E-state index contributed by atoms with van der Waals surface area (Å²) in [5.74, 6) is 0.353. The Morgan fingerprint density at radius 1 is 0.710 bits per heavy atom. The molecule has 0 aliphatic carbocycles. The highest BCUT2D eigenvalue weighted by atomic mass is 19.3. The summed E-state index contributed by atoms with van der Waals surface area (Å²) in [6, 6.07) is 19.7. The standard InChI is InChI=1S/C43H44F2N10O7/c1-28-14-16-46-39(20-28)61-32-12-10-29(25-56)52(23-32)42(57)35-7-3-5-9-37(35)55-50-22-41(51-55)60-26-30-11-13-33(62-40-21-31(15-17-47-40)59-27-38(44)45)24-53(30)43(58)34-6-2-4-8-36(34)54-48-18-19-49-54/h2-9,14-22,29-30,32-33,38,56H,10-13,23-27H2,1H3/t29-,30-,32+,33+/m0/s1. The van der Waals surface area contributed by atoms with Crippen LogP contribution in [0.25, 0.3) is 11.4 Å². The molecule has 4 atom stereocenters. The highest BCUT2D eigenvalue weighted by Crippen LogP contribution is 2.29. The first-order valence-electron chi connectivity index (χ1n) is 20.2. The topological polar surface area (TPSA) is 185 Å². The molecule has 8 rings (SSSR count). The Labute approximate surface area is 354 Å². The van der Waals surface area contributed by atoms with Crippen molar-refractivity contribution in [3.63, 3.8) is 0 Å². The fourth-order valence-corrected chi connectivity index (χ4v) is 7.58. The SMILES string of the molecule is Cc1ccnc(O[C@@H]2CC[C@@H](CO)N(C(=O)c3ccccc3-n3ncc(OC[C@@H]4CC[C@@H](Oc5cc(OCC(F)F)ccn5)CN4C(=O)c4ccccc4-n4nccn4)n3)C2)c1. The lowest BCUT2D eigenvalue weighted by atomic mass is 9.98. The van der Waals surface area contributed by atoms with Crippen LogP contribution in [0, 0.1) is 6.92 Å². The number of carbonyl (C=O) groups excluding carboxylic acids is 2. The van der Waals surface area contributed by atoms with Crippen LogP contribution in [0.15, 0.2) is 104 Å². The van der Waals surface area contributed by atoms with Gasteiger partial charge in [-0.15, -0.1) is 9.90 Å². The van der Waals surface area contributed by atoms with Crippen molar-refractivity contribution in [2.75, 3.05) is 32.9 Å². The molecule has 0 saturated carbocycles. The van der Waals surface area contributed by atoms with Crippen LogP contribution in [0.1, 0.15) is 52.0 Å². The van der Waals surface area contributed by atoms with E-state index in [1.54, 1.807) is 64.5 Å². The predicted octanol–water partition coefficient (Wildman–Crippen LogP) is 4.77. The van der Waals surface area contributed by atoms with E-state index in [9.17, 15) is 23.5 Å². The number of amides is 2. The first-order chi connectivity index (χ1) is 30.2. The Balaban J connectivity index is 0.985. The van der Waals surface area contributed by atoms with E-state index in [0.29, 0.717) is 54.1 Å². The molecule has 4 aromatic heterocycles. The van der Waals surface area contributed by atoms with Crippen LogP contribution in [0.3, 0.4) is 0 Å². The number of pyridine rings is 2. The second-order valence-electron chi connectivity index (χ2n) is 14.9. The molecule has 2 fully saturated rings. The average molecular weight is 851 g/mol. The lowest BCUT2D eigenvalue weighted by Gasteiger charge is -2.39. The Morgan fingerprint density at radius 2 is 1.31 bits per heavy atom. The van der Waals surface area contributed by atoms with E-state index in [0.717, 1.165) is 5.56 Å². The van der Waals surface area contributed by atoms with Crippen LogP contribution in [-0.2, 0) is 0 Å². The minimum atomic E-state index is -2.64. The molecule has 322 valence electrons. The minimum absolute atomic E-state index is 0.0399. The lowest BCUT2D eigenvalue weighted by molar-refractivity contribution is 0.0200. The van der Waals surface area contributed by atoms with Crippen LogP contribution in [0.2, 0.25) is 0 Å². The zero-order chi connectivity index (χ0) is 43.0. The van der Waals surface area contributed by atoms with Crippen molar-refractivity contribution < 1.29 is 42.4 Å². The van der Waals surface area contributed by atoms with Gasteiger partial charge in [0, 0.05) is 24.5 Å². The molecular formula is C43H44F2N10O7. The summed E-state index contributed by atoms with van der Waals surface area (Å²) in [5.41, 5.74) is 2.56. The number of benzene rings is 2. The molecular weight excluding hydrogens is 807 g/mol. The maximum atomic E-state index is 14.5. The Morgan fingerprint density at radius 3 is 1.95 bits per heavy atom. The molecule has 2 aliphatic heterocycles. The number of likely N-dealkylation sites (tertiary alicyclic amines) is 2. The second kappa shape index (κ2) is 19.1. The largest absolute Gasteiger partial charge is 0.487 e. The van der Waals surface area contributed by atoms with Crippen molar-refractivity contribution in [2.24, 2.45) is 0 Å². The molecule has 1 N–H and O–H groups in total. The van der Waals surface area contributed by atoms with E-state index in [1.807, 2.05) is 19.1 Å². The smallest absolute Gasteiger partial charge is 0.272 e. The third-order valence-electron chi connectivity index (χ3n) is 10.6. The first kappa shape index (κ1) is 41.7. The highest BCUT2D eigenvalue weighted by Gasteiger charge is 2.36. The number of piperidine rings is 2. The number of aliphatic hydroxyl groups is 1. The molecule has 0 bridgehead atoms. The molecule has 6 aromatic rings. The minimum Gasteiger partial charge on any atom is -0.487 e. The number of hydrogen-bond donors (Lipinski definition) is 1. The van der Waals surface area contributed by atoms with Crippen molar-refractivity contribution in [2.45, 2.75) is 63.3 Å². The summed E-state index contributed by atoms with van der Waals surface area (Å²) in [7, 11) is 0. The number of ether oxygens (including phenoxy) is 4. The summed E-state index contributed by atoms with van der Waals surface area (Å²) < 4.78 is 49.3. The molecule has 19 heteroatoms. The third kappa shape index (κ3) is 9.78. The number of hydrogen-bond acceptors (Lipinski definition) is 13. The fraction of sp³-hybridized carbons (Fsp3) is 0.349. The van der Waals surface area contributed by atoms with Crippen molar-refractivity contribution in [1.29, 1.82) is 0 Å². The molecule has 0 spiro atoms. The van der Waals surface area contributed by atoms with Gasteiger partial charge in [0.2, 0.25) is 11.8 Å². The summed E-state index contributed by atoms with van der Waals surface area (Å²) >= 11 is 0. The van der Waals surface area contributed by atoms with Gasteiger partial charge in [-0.2, -0.15) is 20.1 Å². The molecule has 6 heterocycles. The molecule has 62 heavy (non-hydrogen) atoms. The quantitative estimate of drug-likeness (QED) is 0.149. The van der Waals surface area contributed by atoms with Gasteiger partial charge in [0.05, 0.1) is 66.7 Å². The number of rotatable bonds is 15. The number of nitrogens with zero attached hydrogens (tertiary/aromatic N) is 10. The van der Waals surface area contributed by atoms with E-state index in [4.69, 9.17) is 18.9 Å². The van der Waals surface area contributed by atoms with Crippen LogP contribution in [-0.4, -0.2) is 130 Å². The van der Waals surface area contributed by atoms with E-state index in [-0.39, 0.29) is 61.7 Å². The summed E-state index contributed by atoms with van der Waals surface area (Å²) in [6.07, 6.45) is 6.23. The molecule has 2 saturated heterocycles. The Bertz CT molecular complexity index is 2450. The number of carbonyl (C=O) groups is 2. The summed E-state index contributed by atoms with van der Waals surface area (Å²) in [6.45, 7) is 1.40. The van der Waals surface area contributed by atoms with Crippen LogP contribution >= 0.6 is 0 Å². The van der Waals surface area contributed by atoms with Gasteiger partial charge < -0.3 is 33.9 Å². The van der Waals surface area contributed by atoms with Gasteiger partial charge in [-0.25, -0.2) is 18.7 Å². The average Bonchev–Trinajstić information content (AvgIpc) is 4.01. The summed E-state index contributed by atoms with van der Waals surface area (Å²) in [5, 5.41) is 27.7. The molecule has 0 radical (unpaired) electrons. The second-order valence-corrected chi connectivity index (χ2v) is 14.9. The molecule has 2 aliphatic rings. The van der Waals surface area contributed by atoms with E-state index < -0.39 is 31.2 Å². The van der Waals surface area contributed by atoms with Gasteiger partial charge >= 0.3 is 0 Å². The maximum absolute atomic E-state index is 14.5. The number of para-hydroxylation sites is 2. The maximum Gasteiger partial charge on any atom is 0.272 e. The number of aromatic nitrogens is 8. The van der Waals surface area contributed by atoms with Crippen molar-refractivity contribution in [1.82, 2.24) is 49.8 Å². The van der Waals surface area contributed by atoms with Crippen molar-refractivity contribution in [3.05, 3.63) is 120 Å². The Hall–Kier alpha value is -7.02. The van der Waals surface area contributed by atoms with E-state index in [2.05, 4.69) is 30.4 Å². The lowest BCUT2D eigenvalue weighted by Crippen LogP contribution is -2.52. The zero-order valence-corrected chi connectivity index (χ0v) is 33.7. The van der Waals surface area contributed by atoms with Crippen LogP contribution in [0.5, 0.6) is 23.4 Å². The number of halogens is 2. The Kier molecular flexibility index (Phi) is 12.9. The van der Waals surface area contributed by atoms with Gasteiger partial charge in [-0.1, -0.05) is 24.3 Å². The van der Waals surface area contributed by atoms with Gasteiger partial charge in [-0.3, -0.25) is 9.59 Å². The van der Waals surface area contributed by atoms with E-state index >= 15 is 0 Å². The van der Waals surface area contributed by atoms with E-state index in [1.165, 1.54) is 46.5 Å². The van der Waals surface area contributed by atoms with Crippen molar-refractivity contribution >= 4 is 11.8 Å². The fourth-order valence-electron chi connectivity index (χ4n) is 7.58. The predicted molar refractivity (Wildman–Crippen MR) is 217 cm³/mol. The number of alkyl halides is 2. The molecule has 17 nitrogen and oxygen atoms in total. The summed E-state index contributed by atoms with van der Waals surface area (Å²) in [4.78, 5) is 43.2. The molecule has 0 unspecified atom stereocenters. The van der Waals surface area contributed by atoms with Crippen molar-refractivity contribution in [3.8, 4) is 34.8 Å². The van der Waals surface area contributed by atoms with Gasteiger partial charge in [-0.05, 0) is 74.6 Å². The highest BCUT2D eigenvalue weighted by molar-refractivity contribution is 5.98. The van der Waals surface area contributed by atoms with Crippen LogP contribution < -0.4 is 18.9 Å². The monoisotopic (exact) mass is 850 g/mol. The number of aliphatic hydroxyl groups excluding tert-OH is 1. The normalized spacial score (nSPS) is 19.0. The van der Waals surface area contributed by atoms with Gasteiger partial charge in [0.15, 0.2) is 0 Å². The van der Waals surface area contributed by atoms with Gasteiger partial charge in [0.1, 0.15) is 37.4 Å². The zero-order valence-electron chi connectivity index (χ0n) is 33.7. The van der Waals surface area contributed by atoms with Gasteiger partial charge in [0.25, 0.3) is 24.1 Å². The third-order valence-corrected chi connectivity index (χ3v) is 10.6. The molecule has 2 aromatic carbocycles. The number of aryl methyl sites for hydroxylation is 1.